The smallest absolute Gasteiger partial charge is 0.255 e. The molecule has 1 heterocycles. The van der Waals surface area contributed by atoms with Crippen molar-refractivity contribution in [1.29, 1.82) is 0 Å². The van der Waals surface area contributed by atoms with Crippen LogP contribution in [0, 0.1) is 5.92 Å². The van der Waals surface area contributed by atoms with Gasteiger partial charge in [0.25, 0.3) is 5.91 Å². The van der Waals surface area contributed by atoms with Gasteiger partial charge in [0.2, 0.25) is 5.91 Å². The second-order valence-electron chi connectivity index (χ2n) is 5.17. The van der Waals surface area contributed by atoms with E-state index < -0.39 is 0 Å². The molecule has 1 aliphatic rings. The second-order valence-corrected chi connectivity index (χ2v) is 5.60. The van der Waals surface area contributed by atoms with Gasteiger partial charge >= 0.3 is 0 Å². The quantitative estimate of drug-likeness (QED) is 0.887. The summed E-state index contributed by atoms with van der Waals surface area (Å²) < 4.78 is 0. The molecule has 108 valence electrons. The lowest BCUT2D eigenvalue weighted by molar-refractivity contribution is -0.117. The zero-order chi connectivity index (χ0) is 14.7. The zero-order valence-corrected chi connectivity index (χ0v) is 12.3. The van der Waals surface area contributed by atoms with Crippen molar-refractivity contribution in [3.8, 4) is 0 Å². The molecule has 6 heteroatoms. The van der Waals surface area contributed by atoms with Crippen LogP contribution in [0.1, 0.15) is 16.8 Å². The van der Waals surface area contributed by atoms with Gasteiger partial charge in [-0.3, -0.25) is 9.59 Å². The van der Waals surface area contributed by atoms with Crippen LogP contribution in [0.4, 0.5) is 5.69 Å². The summed E-state index contributed by atoms with van der Waals surface area (Å²) in [7, 11) is 3.34. The lowest BCUT2D eigenvalue weighted by atomic mass is 9.99. The highest BCUT2D eigenvalue weighted by molar-refractivity contribution is 6.31. The minimum absolute atomic E-state index is 0.0911. The van der Waals surface area contributed by atoms with Crippen LogP contribution < -0.4 is 10.6 Å². The summed E-state index contributed by atoms with van der Waals surface area (Å²) in [6, 6.07) is 4.88. The Morgan fingerprint density at radius 1 is 1.40 bits per heavy atom. The van der Waals surface area contributed by atoms with Crippen LogP contribution in [-0.4, -0.2) is 43.9 Å². The lowest BCUT2D eigenvalue weighted by Gasteiger charge is -2.26. The van der Waals surface area contributed by atoms with Crippen LogP contribution in [0.25, 0.3) is 0 Å². The van der Waals surface area contributed by atoms with Crippen molar-refractivity contribution in [2.45, 2.75) is 6.42 Å². The number of benzene rings is 1. The number of hydrogen-bond donors (Lipinski definition) is 2. The van der Waals surface area contributed by atoms with Crippen molar-refractivity contribution in [3.05, 3.63) is 28.8 Å². The first kappa shape index (κ1) is 14.8. The van der Waals surface area contributed by atoms with Gasteiger partial charge in [0.05, 0.1) is 11.3 Å². The van der Waals surface area contributed by atoms with Crippen molar-refractivity contribution in [3.63, 3.8) is 0 Å². The SMILES string of the molecule is CN(C)C(=O)c1ccc(Cl)cc1NC(=O)CC1CNC1. The van der Waals surface area contributed by atoms with Gasteiger partial charge in [0, 0.05) is 25.5 Å². The highest BCUT2D eigenvalue weighted by Gasteiger charge is 2.21. The van der Waals surface area contributed by atoms with E-state index in [9.17, 15) is 9.59 Å². The third-order valence-electron chi connectivity index (χ3n) is 3.23. The van der Waals surface area contributed by atoms with E-state index in [1.165, 1.54) is 4.90 Å². The largest absolute Gasteiger partial charge is 0.345 e. The monoisotopic (exact) mass is 295 g/mol. The number of nitrogens with one attached hydrogen (secondary N) is 2. The van der Waals surface area contributed by atoms with E-state index in [-0.39, 0.29) is 11.8 Å². The molecule has 0 aromatic heterocycles. The summed E-state index contributed by atoms with van der Waals surface area (Å²) >= 11 is 5.94. The predicted octanol–water partition coefficient (Wildman–Crippen LogP) is 1.59. The molecule has 1 aromatic rings. The van der Waals surface area contributed by atoms with Crippen molar-refractivity contribution < 1.29 is 9.59 Å². The summed E-state index contributed by atoms with van der Waals surface area (Å²) in [6.45, 7) is 1.74. The number of rotatable bonds is 4. The summed E-state index contributed by atoms with van der Waals surface area (Å²) in [6.07, 6.45) is 0.453. The van der Waals surface area contributed by atoms with E-state index in [1.54, 1.807) is 32.3 Å². The zero-order valence-electron chi connectivity index (χ0n) is 11.6. The van der Waals surface area contributed by atoms with Crippen LogP contribution in [-0.2, 0) is 4.79 Å². The van der Waals surface area contributed by atoms with Gasteiger partial charge in [-0.05, 0) is 37.2 Å². The van der Waals surface area contributed by atoms with Crippen molar-refractivity contribution >= 4 is 29.1 Å². The molecule has 2 N–H and O–H groups in total. The average Bonchev–Trinajstić information content (AvgIpc) is 2.33. The summed E-state index contributed by atoms with van der Waals surface area (Å²) in [5.74, 6) is 0.121. The number of carbonyl (C=O) groups is 2. The first-order valence-electron chi connectivity index (χ1n) is 6.49. The summed E-state index contributed by atoms with van der Waals surface area (Å²) in [5.41, 5.74) is 0.910. The number of carbonyl (C=O) groups excluding carboxylic acids is 2. The normalized spacial score (nSPS) is 14.6. The predicted molar refractivity (Wildman–Crippen MR) is 79.1 cm³/mol. The molecule has 1 saturated heterocycles. The molecule has 20 heavy (non-hydrogen) atoms. The number of nitrogens with zero attached hydrogens (tertiary/aromatic N) is 1. The van der Waals surface area contributed by atoms with Gasteiger partial charge in [-0.25, -0.2) is 0 Å². The van der Waals surface area contributed by atoms with Gasteiger partial charge in [-0.2, -0.15) is 0 Å². The van der Waals surface area contributed by atoms with Gasteiger partial charge in [-0.1, -0.05) is 11.6 Å². The third-order valence-corrected chi connectivity index (χ3v) is 3.47. The standard InChI is InChI=1S/C14H18ClN3O2/c1-18(2)14(20)11-4-3-10(15)6-12(11)17-13(19)5-9-7-16-8-9/h3-4,6,9,16H,5,7-8H2,1-2H3,(H,17,19). The number of amides is 2. The molecule has 0 radical (unpaired) electrons. The number of anilines is 1. The molecule has 0 aliphatic carbocycles. The summed E-state index contributed by atoms with van der Waals surface area (Å²) in [5, 5.41) is 6.40. The van der Waals surface area contributed by atoms with E-state index in [0.29, 0.717) is 28.6 Å². The van der Waals surface area contributed by atoms with E-state index in [4.69, 9.17) is 11.6 Å². The van der Waals surface area contributed by atoms with Crippen LogP contribution in [0.2, 0.25) is 5.02 Å². The molecule has 0 spiro atoms. The molecule has 0 unspecified atom stereocenters. The van der Waals surface area contributed by atoms with Crippen LogP contribution in [0.15, 0.2) is 18.2 Å². The first-order valence-corrected chi connectivity index (χ1v) is 6.87. The Hall–Kier alpha value is -1.59. The Labute approximate surface area is 123 Å². The fraction of sp³-hybridized carbons (Fsp3) is 0.429. The molecule has 1 aliphatic heterocycles. The van der Waals surface area contributed by atoms with Gasteiger partial charge in [-0.15, -0.1) is 0 Å². The van der Waals surface area contributed by atoms with E-state index in [0.717, 1.165) is 13.1 Å². The van der Waals surface area contributed by atoms with Crippen molar-refractivity contribution in [1.82, 2.24) is 10.2 Å². The van der Waals surface area contributed by atoms with Crippen LogP contribution >= 0.6 is 11.6 Å². The minimum Gasteiger partial charge on any atom is -0.345 e. The van der Waals surface area contributed by atoms with E-state index in [2.05, 4.69) is 10.6 Å². The Morgan fingerprint density at radius 2 is 2.10 bits per heavy atom. The molecule has 0 saturated carbocycles. The second kappa shape index (κ2) is 6.24. The Bertz CT molecular complexity index is 527. The molecule has 5 nitrogen and oxygen atoms in total. The maximum Gasteiger partial charge on any atom is 0.255 e. The Morgan fingerprint density at radius 3 is 2.65 bits per heavy atom. The summed E-state index contributed by atoms with van der Waals surface area (Å²) in [4.78, 5) is 25.5. The molecular weight excluding hydrogens is 278 g/mol. The van der Waals surface area contributed by atoms with Gasteiger partial charge in [0.1, 0.15) is 0 Å². The maximum atomic E-state index is 12.1. The van der Waals surface area contributed by atoms with Crippen LogP contribution in [0.3, 0.4) is 0 Å². The lowest BCUT2D eigenvalue weighted by Crippen LogP contribution is -2.43. The Balaban J connectivity index is 2.14. The molecule has 1 fully saturated rings. The fourth-order valence-electron chi connectivity index (χ4n) is 2.00. The average molecular weight is 296 g/mol. The van der Waals surface area contributed by atoms with Crippen molar-refractivity contribution in [2.75, 3.05) is 32.5 Å². The minimum atomic E-state index is -0.165. The molecule has 1 aromatic carbocycles. The highest BCUT2D eigenvalue weighted by Crippen LogP contribution is 2.23. The molecular formula is C14H18ClN3O2. The van der Waals surface area contributed by atoms with Gasteiger partial charge < -0.3 is 15.5 Å². The third kappa shape index (κ3) is 3.49. The molecule has 0 bridgehead atoms. The van der Waals surface area contributed by atoms with Crippen molar-refractivity contribution in [2.24, 2.45) is 5.92 Å². The Kier molecular flexibility index (Phi) is 4.62. The molecule has 0 atom stereocenters. The number of halogens is 1. The van der Waals surface area contributed by atoms with Crippen LogP contribution in [0.5, 0.6) is 0 Å². The topological polar surface area (TPSA) is 61.4 Å². The highest BCUT2D eigenvalue weighted by atomic mass is 35.5. The molecule has 2 rings (SSSR count). The van der Waals surface area contributed by atoms with E-state index >= 15 is 0 Å². The fourth-order valence-corrected chi connectivity index (χ4v) is 2.18. The first-order chi connectivity index (χ1) is 9.47. The number of hydrogen-bond acceptors (Lipinski definition) is 3. The van der Waals surface area contributed by atoms with Gasteiger partial charge in [0.15, 0.2) is 0 Å². The van der Waals surface area contributed by atoms with E-state index in [1.807, 2.05) is 0 Å². The molecule has 2 amide bonds. The maximum absolute atomic E-state index is 12.1.